The maximum atomic E-state index is 13.9. The number of imide groups is 1. The van der Waals surface area contributed by atoms with Crippen LogP contribution in [0.3, 0.4) is 0 Å². The highest BCUT2D eigenvalue weighted by Gasteiger charge is 2.56. The molecule has 0 saturated carbocycles. The van der Waals surface area contributed by atoms with Gasteiger partial charge in [-0.05, 0) is 54.4 Å². The fourth-order valence-electron chi connectivity index (χ4n) is 5.33. The van der Waals surface area contributed by atoms with Crippen molar-refractivity contribution in [3.8, 4) is 5.75 Å². The van der Waals surface area contributed by atoms with Crippen molar-refractivity contribution in [2.75, 3.05) is 17.3 Å². The van der Waals surface area contributed by atoms with E-state index >= 15 is 0 Å². The van der Waals surface area contributed by atoms with Gasteiger partial charge in [-0.1, -0.05) is 65.6 Å². The first kappa shape index (κ1) is 26.1. The number of rotatable bonds is 6. The molecule has 1 fully saturated rings. The molecule has 1 saturated heterocycles. The quantitative estimate of drug-likeness (QED) is 0.338. The summed E-state index contributed by atoms with van der Waals surface area (Å²) in [6, 6.07) is 23.7. The summed E-state index contributed by atoms with van der Waals surface area (Å²) >= 11 is 2.23. The zero-order valence-electron chi connectivity index (χ0n) is 21.7. The van der Waals surface area contributed by atoms with Crippen LogP contribution >= 0.6 is 23.1 Å². The minimum absolute atomic E-state index is 0.200. The summed E-state index contributed by atoms with van der Waals surface area (Å²) in [4.78, 5) is 55.6. The summed E-state index contributed by atoms with van der Waals surface area (Å²) in [6.45, 7) is 1.73. The third kappa shape index (κ3) is 4.52. The van der Waals surface area contributed by atoms with Gasteiger partial charge in [0.05, 0.1) is 23.7 Å². The van der Waals surface area contributed by atoms with E-state index in [-0.39, 0.29) is 29.1 Å². The van der Waals surface area contributed by atoms with Crippen LogP contribution in [0.15, 0.2) is 88.7 Å². The Labute approximate surface area is 238 Å². The molecule has 3 unspecified atom stereocenters. The lowest BCUT2D eigenvalue weighted by molar-refractivity contribution is -0.122. The summed E-state index contributed by atoms with van der Waals surface area (Å²) in [5.74, 6) is -1.57. The summed E-state index contributed by atoms with van der Waals surface area (Å²) in [6.07, 6.45) is 0. The molecule has 202 valence electrons. The SMILES string of the molecule is COc1ccc(N2C(=O)C3Sc4c(sc(=O)n4CC(=O)Nc4cccc(C)c4)C(c4ccccc4)C3C2=O)cc1. The van der Waals surface area contributed by atoms with Crippen molar-refractivity contribution >= 4 is 52.2 Å². The molecule has 3 heterocycles. The summed E-state index contributed by atoms with van der Waals surface area (Å²) in [7, 11) is 1.55. The van der Waals surface area contributed by atoms with Crippen LogP contribution in [0.5, 0.6) is 5.75 Å². The Morgan fingerprint density at radius 1 is 0.950 bits per heavy atom. The molecule has 3 aromatic carbocycles. The van der Waals surface area contributed by atoms with Gasteiger partial charge in [0.25, 0.3) is 0 Å². The molecule has 10 heteroatoms. The highest BCUT2D eigenvalue weighted by Crippen LogP contribution is 2.53. The molecule has 2 aliphatic rings. The molecule has 40 heavy (non-hydrogen) atoms. The van der Waals surface area contributed by atoms with Gasteiger partial charge in [0, 0.05) is 16.5 Å². The second-order valence-electron chi connectivity index (χ2n) is 9.70. The molecule has 1 aromatic heterocycles. The molecule has 1 N–H and O–H groups in total. The predicted molar refractivity (Wildman–Crippen MR) is 155 cm³/mol. The van der Waals surface area contributed by atoms with E-state index in [4.69, 9.17) is 4.74 Å². The first-order valence-electron chi connectivity index (χ1n) is 12.7. The lowest BCUT2D eigenvalue weighted by Crippen LogP contribution is -2.33. The molecule has 0 spiro atoms. The summed E-state index contributed by atoms with van der Waals surface area (Å²) in [5, 5.41) is 2.67. The van der Waals surface area contributed by atoms with Crippen LogP contribution in [0.4, 0.5) is 11.4 Å². The van der Waals surface area contributed by atoms with Crippen LogP contribution in [0.25, 0.3) is 0 Å². The Morgan fingerprint density at radius 2 is 1.70 bits per heavy atom. The number of thioether (sulfide) groups is 1. The Balaban J connectivity index is 1.39. The molecule has 4 aromatic rings. The molecule has 6 rings (SSSR count). The maximum Gasteiger partial charge on any atom is 0.308 e. The Bertz CT molecular complexity index is 1680. The second-order valence-corrected chi connectivity index (χ2v) is 11.8. The van der Waals surface area contributed by atoms with Gasteiger partial charge in [-0.2, -0.15) is 0 Å². The minimum Gasteiger partial charge on any atom is -0.497 e. The van der Waals surface area contributed by atoms with Crippen LogP contribution in [0, 0.1) is 12.8 Å². The number of amides is 3. The number of aryl methyl sites for hydroxylation is 1. The average Bonchev–Trinajstić information content (AvgIpc) is 3.39. The van der Waals surface area contributed by atoms with Crippen LogP contribution in [0.2, 0.25) is 0 Å². The fourth-order valence-corrected chi connectivity index (χ4v) is 8.10. The smallest absolute Gasteiger partial charge is 0.308 e. The topological polar surface area (TPSA) is 97.7 Å². The summed E-state index contributed by atoms with van der Waals surface area (Å²) in [5.41, 5.74) is 2.95. The standard InChI is InChI=1S/C30H25N3O5S2/c1-17-7-6-10-19(15-17)31-22(34)16-32-29-26(40-30(32)37)23(18-8-4-3-5-9-18)24-25(39-29)28(36)33(27(24)35)20-11-13-21(38-2)14-12-20/h3-15,23-25H,16H2,1-2H3,(H,31,34). The molecular formula is C30H25N3O5S2. The van der Waals surface area contributed by atoms with Crippen molar-refractivity contribution in [2.24, 2.45) is 5.92 Å². The molecule has 2 aliphatic heterocycles. The zero-order valence-corrected chi connectivity index (χ0v) is 23.3. The number of aromatic nitrogens is 1. The van der Waals surface area contributed by atoms with Crippen molar-refractivity contribution in [3.05, 3.63) is 105 Å². The molecule has 0 aliphatic carbocycles. The number of fused-ring (bicyclic) bond motifs is 2. The average molecular weight is 572 g/mol. The van der Waals surface area contributed by atoms with Crippen LogP contribution in [0.1, 0.15) is 21.9 Å². The fraction of sp³-hybridized carbons (Fsp3) is 0.200. The van der Waals surface area contributed by atoms with Gasteiger partial charge in [0.1, 0.15) is 17.5 Å². The molecule has 3 amide bonds. The number of hydrogen-bond acceptors (Lipinski definition) is 7. The number of benzene rings is 3. The third-order valence-electron chi connectivity index (χ3n) is 7.14. The van der Waals surface area contributed by atoms with Crippen molar-refractivity contribution in [3.63, 3.8) is 0 Å². The van der Waals surface area contributed by atoms with Gasteiger partial charge in [-0.25, -0.2) is 4.90 Å². The van der Waals surface area contributed by atoms with Crippen molar-refractivity contribution in [1.29, 1.82) is 0 Å². The number of ether oxygens (including phenoxy) is 1. The number of carbonyl (C=O) groups excluding carboxylic acids is 3. The van der Waals surface area contributed by atoms with E-state index in [9.17, 15) is 19.2 Å². The van der Waals surface area contributed by atoms with Gasteiger partial charge >= 0.3 is 4.87 Å². The number of anilines is 2. The zero-order chi connectivity index (χ0) is 28.0. The van der Waals surface area contributed by atoms with Crippen LogP contribution in [-0.4, -0.2) is 34.6 Å². The van der Waals surface area contributed by atoms with E-state index in [1.807, 2.05) is 55.5 Å². The van der Waals surface area contributed by atoms with Gasteiger partial charge < -0.3 is 10.1 Å². The molecule has 0 radical (unpaired) electrons. The summed E-state index contributed by atoms with van der Waals surface area (Å²) < 4.78 is 6.66. The Morgan fingerprint density at radius 3 is 2.40 bits per heavy atom. The number of methoxy groups -OCH3 is 1. The van der Waals surface area contributed by atoms with Gasteiger partial charge in [-0.3, -0.25) is 23.7 Å². The molecule has 3 atom stereocenters. The van der Waals surface area contributed by atoms with E-state index in [2.05, 4.69) is 5.32 Å². The van der Waals surface area contributed by atoms with E-state index in [0.29, 0.717) is 27.0 Å². The van der Waals surface area contributed by atoms with Gasteiger partial charge in [0.15, 0.2) is 0 Å². The number of carbonyl (C=O) groups is 3. The number of nitrogens with zero attached hydrogens (tertiary/aromatic N) is 2. The van der Waals surface area contributed by atoms with E-state index in [1.54, 1.807) is 37.4 Å². The number of hydrogen-bond donors (Lipinski definition) is 1. The Kier molecular flexibility index (Phi) is 6.81. The monoisotopic (exact) mass is 571 g/mol. The molecule has 0 bridgehead atoms. The van der Waals surface area contributed by atoms with E-state index in [1.165, 1.54) is 21.2 Å². The Hall–Kier alpha value is -4.15. The van der Waals surface area contributed by atoms with E-state index < -0.39 is 17.1 Å². The van der Waals surface area contributed by atoms with Crippen molar-refractivity contribution in [1.82, 2.24) is 4.57 Å². The minimum atomic E-state index is -0.743. The third-order valence-corrected chi connectivity index (χ3v) is 9.75. The normalized spacial score (nSPS) is 19.8. The van der Waals surface area contributed by atoms with Crippen LogP contribution in [-0.2, 0) is 20.9 Å². The largest absolute Gasteiger partial charge is 0.497 e. The lowest BCUT2D eigenvalue weighted by atomic mass is 9.83. The molecular weight excluding hydrogens is 546 g/mol. The van der Waals surface area contributed by atoms with E-state index in [0.717, 1.165) is 22.5 Å². The highest BCUT2D eigenvalue weighted by atomic mass is 32.2. The first-order chi connectivity index (χ1) is 19.4. The van der Waals surface area contributed by atoms with Crippen molar-refractivity contribution < 1.29 is 19.1 Å². The second kappa shape index (κ2) is 10.4. The number of nitrogens with one attached hydrogen (secondary N) is 1. The van der Waals surface area contributed by atoms with Gasteiger partial charge in [0.2, 0.25) is 17.7 Å². The van der Waals surface area contributed by atoms with Crippen LogP contribution < -0.4 is 19.8 Å². The van der Waals surface area contributed by atoms with Crippen molar-refractivity contribution in [2.45, 2.75) is 29.7 Å². The first-order valence-corrected chi connectivity index (χ1v) is 14.4. The maximum absolute atomic E-state index is 13.9. The number of thiazole rings is 1. The predicted octanol–water partition coefficient (Wildman–Crippen LogP) is 4.66. The highest BCUT2D eigenvalue weighted by molar-refractivity contribution is 8.00. The van der Waals surface area contributed by atoms with Gasteiger partial charge in [-0.15, -0.1) is 0 Å². The lowest BCUT2D eigenvalue weighted by Gasteiger charge is -2.30. The molecule has 8 nitrogen and oxygen atoms in total.